The van der Waals surface area contributed by atoms with E-state index in [0.29, 0.717) is 35.2 Å². The number of para-hydroxylation sites is 1. The molecule has 0 unspecified atom stereocenters. The summed E-state index contributed by atoms with van der Waals surface area (Å²) in [6, 6.07) is 12.4. The summed E-state index contributed by atoms with van der Waals surface area (Å²) in [7, 11) is -4.04. The predicted octanol–water partition coefficient (Wildman–Crippen LogP) is 2.48. The number of fused-ring (bicyclic) bond motifs is 1. The summed E-state index contributed by atoms with van der Waals surface area (Å²) >= 11 is 0. The number of nitrogens with one attached hydrogen (secondary N) is 4. The van der Waals surface area contributed by atoms with Gasteiger partial charge in [0.1, 0.15) is 5.56 Å². The molecule has 1 fully saturated rings. The standard InChI is InChI=1S/C30H24N8O5S/c1-3-17-10-13-20-22-21(17)30(41)38(19-8-5-4-6-9-19)25(23(22)28(39)33-20)16(2)32-29(40)24-26(34-37-15-7-14-31-27(24)37)36-44(42,43)35-18-11-12-18/h1,4-10,13-16,18,35H,11-12H2,2H3,(H,32,40)(H,33,39)(H,34,36)/t16-/m1/s1. The maximum Gasteiger partial charge on any atom is 0.300 e. The Bertz CT molecular complexity index is 2250. The van der Waals surface area contributed by atoms with Crippen LogP contribution in [0.4, 0.5) is 11.5 Å². The molecule has 2 aromatic carbocycles. The van der Waals surface area contributed by atoms with E-state index < -0.39 is 33.6 Å². The summed E-state index contributed by atoms with van der Waals surface area (Å²) in [5.41, 5.74) is 1.13. The number of hydrogen-bond acceptors (Lipinski definition) is 7. The highest BCUT2D eigenvalue weighted by atomic mass is 32.2. The highest BCUT2D eigenvalue weighted by Gasteiger charge is 2.35. The van der Waals surface area contributed by atoms with Crippen molar-refractivity contribution in [3.63, 3.8) is 0 Å². The van der Waals surface area contributed by atoms with Crippen molar-refractivity contribution in [2.24, 2.45) is 0 Å². The largest absolute Gasteiger partial charge is 0.344 e. The molecule has 14 heteroatoms. The molecule has 44 heavy (non-hydrogen) atoms. The number of anilines is 2. The Morgan fingerprint density at radius 3 is 2.61 bits per heavy atom. The third-order valence-electron chi connectivity index (χ3n) is 7.52. The normalized spacial score (nSPS) is 14.8. The first kappa shape index (κ1) is 27.3. The molecule has 1 atom stereocenters. The Balaban J connectivity index is 1.38. The van der Waals surface area contributed by atoms with Crippen molar-refractivity contribution in [3.05, 3.63) is 93.7 Å². The summed E-state index contributed by atoms with van der Waals surface area (Å²) in [5.74, 6) is 1.12. The number of amides is 2. The quantitative estimate of drug-likeness (QED) is 0.196. The Morgan fingerprint density at radius 1 is 1.11 bits per heavy atom. The van der Waals surface area contributed by atoms with E-state index >= 15 is 0 Å². The van der Waals surface area contributed by atoms with Gasteiger partial charge in [-0.3, -0.25) is 23.7 Å². The first-order valence-corrected chi connectivity index (χ1v) is 15.2. The van der Waals surface area contributed by atoms with Gasteiger partial charge in [-0.1, -0.05) is 24.1 Å². The van der Waals surface area contributed by atoms with Gasteiger partial charge in [-0.2, -0.15) is 13.1 Å². The number of terminal acetylenes is 1. The summed E-state index contributed by atoms with van der Waals surface area (Å²) in [6.07, 6.45) is 10.2. The number of carbonyl (C=O) groups excluding carboxylic acids is 2. The van der Waals surface area contributed by atoms with Crippen molar-refractivity contribution in [2.45, 2.75) is 31.8 Å². The number of benzene rings is 2. The van der Waals surface area contributed by atoms with Crippen LogP contribution in [-0.2, 0) is 10.2 Å². The molecule has 3 aromatic heterocycles. The van der Waals surface area contributed by atoms with E-state index in [9.17, 15) is 22.8 Å². The van der Waals surface area contributed by atoms with Gasteiger partial charge in [-0.25, -0.2) is 9.50 Å². The molecule has 2 amide bonds. The molecule has 5 aromatic rings. The van der Waals surface area contributed by atoms with Gasteiger partial charge in [0.25, 0.3) is 17.4 Å². The SMILES string of the molecule is C#Cc1ccc2c3c(c([C@@H](C)NC(=O)c4c(NS(=O)(=O)NC5CC5)nn5cccnc45)n(-c4ccccc4)c(=O)c13)C(=O)N2. The molecule has 1 saturated carbocycles. The molecule has 220 valence electrons. The van der Waals surface area contributed by atoms with Crippen molar-refractivity contribution < 1.29 is 18.0 Å². The molecule has 1 aliphatic heterocycles. The highest BCUT2D eigenvalue weighted by molar-refractivity contribution is 7.90. The number of pyridine rings is 1. The number of carbonyl (C=O) groups is 2. The van der Waals surface area contributed by atoms with Crippen LogP contribution < -0.4 is 25.6 Å². The third kappa shape index (κ3) is 4.46. The second kappa shape index (κ2) is 10.0. The summed E-state index contributed by atoms with van der Waals surface area (Å²) in [4.78, 5) is 45.8. The fraction of sp³-hybridized carbons (Fsp3) is 0.167. The third-order valence-corrected chi connectivity index (χ3v) is 8.63. The van der Waals surface area contributed by atoms with E-state index in [2.05, 4.69) is 36.1 Å². The number of hydrogen-bond donors (Lipinski definition) is 4. The summed E-state index contributed by atoms with van der Waals surface area (Å²) < 4.78 is 33.0. The lowest BCUT2D eigenvalue weighted by Gasteiger charge is -2.23. The van der Waals surface area contributed by atoms with Crippen LogP contribution >= 0.6 is 0 Å². The summed E-state index contributed by atoms with van der Waals surface area (Å²) in [6.45, 7) is 1.63. The minimum Gasteiger partial charge on any atom is -0.344 e. The highest BCUT2D eigenvalue weighted by Crippen LogP contribution is 2.38. The van der Waals surface area contributed by atoms with Gasteiger partial charge >= 0.3 is 10.2 Å². The average Bonchev–Trinajstić information content (AvgIpc) is 3.63. The van der Waals surface area contributed by atoms with Crippen molar-refractivity contribution in [2.75, 3.05) is 10.0 Å². The lowest BCUT2D eigenvalue weighted by molar-refractivity contribution is 0.0937. The maximum absolute atomic E-state index is 14.2. The van der Waals surface area contributed by atoms with E-state index in [-0.39, 0.29) is 39.7 Å². The van der Waals surface area contributed by atoms with Crippen LogP contribution in [-0.4, -0.2) is 45.4 Å². The molecule has 0 spiro atoms. The van der Waals surface area contributed by atoms with E-state index in [0.717, 1.165) is 0 Å². The monoisotopic (exact) mass is 608 g/mol. The van der Waals surface area contributed by atoms with Gasteiger partial charge in [0.15, 0.2) is 11.5 Å². The lowest BCUT2D eigenvalue weighted by Crippen LogP contribution is -2.35. The fourth-order valence-corrected chi connectivity index (χ4v) is 6.64. The Labute approximate surface area is 250 Å². The maximum atomic E-state index is 14.2. The van der Waals surface area contributed by atoms with Gasteiger partial charge in [-0.05, 0) is 50.1 Å². The fourth-order valence-electron chi connectivity index (χ4n) is 5.51. The molecule has 0 bridgehead atoms. The zero-order valence-corrected chi connectivity index (χ0v) is 24.0. The molecule has 1 aliphatic carbocycles. The smallest absolute Gasteiger partial charge is 0.300 e. The second-order valence-corrected chi connectivity index (χ2v) is 12.0. The van der Waals surface area contributed by atoms with Crippen molar-refractivity contribution >= 4 is 49.9 Å². The zero-order valence-electron chi connectivity index (χ0n) is 23.2. The van der Waals surface area contributed by atoms with Crippen LogP contribution in [0.1, 0.15) is 57.8 Å². The number of nitrogens with zero attached hydrogens (tertiary/aromatic N) is 4. The van der Waals surface area contributed by atoms with Crippen LogP contribution in [0.5, 0.6) is 0 Å². The lowest BCUT2D eigenvalue weighted by atomic mass is 9.97. The van der Waals surface area contributed by atoms with E-state index in [1.54, 1.807) is 55.5 Å². The van der Waals surface area contributed by atoms with Gasteiger partial charge in [-0.15, -0.1) is 11.5 Å². The molecule has 4 N–H and O–H groups in total. The van der Waals surface area contributed by atoms with Gasteiger partial charge < -0.3 is 10.6 Å². The number of aromatic nitrogens is 4. The molecular weight excluding hydrogens is 584 g/mol. The van der Waals surface area contributed by atoms with Crippen LogP contribution in [0.2, 0.25) is 0 Å². The molecule has 4 heterocycles. The predicted molar refractivity (Wildman–Crippen MR) is 163 cm³/mol. The minimum atomic E-state index is -4.04. The summed E-state index contributed by atoms with van der Waals surface area (Å²) in [5, 5.41) is 10.5. The van der Waals surface area contributed by atoms with Crippen LogP contribution in [0.3, 0.4) is 0 Å². The topological polar surface area (TPSA) is 169 Å². The molecule has 13 nitrogen and oxygen atoms in total. The van der Waals surface area contributed by atoms with Gasteiger partial charge in [0.05, 0.1) is 28.4 Å². The Kier molecular flexibility index (Phi) is 6.23. The van der Waals surface area contributed by atoms with E-state index in [1.807, 2.05) is 0 Å². The Morgan fingerprint density at radius 2 is 1.89 bits per heavy atom. The first-order valence-electron chi connectivity index (χ1n) is 13.7. The molecule has 7 rings (SSSR count). The molecule has 0 saturated heterocycles. The van der Waals surface area contributed by atoms with Crippen molar-refractivity contribution in [3.8, 4) is 18.0 Å². The van der Waals surface area contributed by atoms with E-state index in [4.69, 9.17) is 6.42 Å². The zero-order chi connectivity index (χ0) is 30.7. The number of rotatable bonds is 8. The molecular formula is C30H24N8O5S. The minimum absolute atomic E-state index is 0.100. The van der Waals surface area contributed by atoms with Crippen LogP contribution in [0.25, 0.3) is 22.1 Å². The first-order chi connectivity index (χ1) is 21.2. The van der Waals surface area contributed by atoms with Crippen molar-refractivity contribution in [1.29, 1.82) is 0 Å². The van der Waals surface area contributed by atoms with Gasteiger partial charge in [0.2, 0.25) is 0 Å². The molecule has 2 aliphatic rings. The average molecular weight is 609 g/mol. The van der Waals surface area contributed by atoms with Crippen molar-refractivity contribution in [1.82, 2.24) is 29.2 Å². The second-order valence-electron chi connectivity index (χ2n) is 10.5. The van der Waals surface area contributed by atoms with E-state index in [1.165, 1.54) is 21.5 Å². The van der Waals surface area contributed by atoms with Crippen LogP contribution in [0.15, 0.2) is 65.7 Å². The Hall–Kier alpha value is -5.52. The van der Waals surface area contributed by atoms with Gasteiger partial charge in [0, 0.05) is 35.1 Å². The molecule has 0 radical (unpaired) electrons. The van der Waals surface area contributed by atoms with Crippen LogP contribution in [0, 0.1) is 12.3 Å².